The van der Waals surface area contributed by atoms with Crippen molar-refractivity contribution in [2.75, 3.05) is 5.32 Å². The van der Waals surface area contributed by atoms with Crippen molar-refractivity contribution in [3.05, 3.63) is 57.7 Å². The van der Waals surface area contributed by atoms with Gasteiger partial charge >= 0.3 is 0 Å². The molecular weight excluding hydrogens is 317 g/mol. The second-order valence-corrected chi connectivity index (χ2v) is 5.40. The van der Waals surface area contributed by atoms with E-state index in [1.807, 2.05) is 24.3 Å². The van der Waals surface area contributed by atoms with Gasteiger partial charge in [-0.1, -0.05) is 59.1 Å². The lowest BCUT2D eigenvalue weighted by Gasteiger charge is -2.09. The molecule has 100 valence electrons. The molecule has 0 unspecified atom stereocenters. The third-order valence-electron chi connectivity index (χ3n) is 2.77. The lowest BCUT2D eigenvalue weighted by Crippen LogP contribution is -1.97. The number of halogens is 3. The normalized spacial score (nSPS) is 10.8. The molecule has 0 bridgehead atoms. The van der Waals surface area contributed by atoms with Crippen LogP contribution in [0.4, 0.5) is 11.5 Å². The Morgan fingerprint density at radius 2 is 1.45 bits per heavy atom. The van der Waals surface area contributed by atoms with Gasteiger partial charge in [-0.25, -0.2) is 0 Å². The topological polar surface area (TPSA) is 37.8 Å². The van der Waals surface area contributed by atoms with Crippen LogP contribution in [0.3, 0.4) is 0 Å². The van der Waals surface area contributed by atoms with Crippen LogP contribution in [0.1, 0.15) is 0 Å². The number of hydrogen-bond donors (Lipinski definition) is 1. The summed E-state index contributed by atoms with van der Waals surface area (Å²) in [5.74, 6) is 0.600. The van der Waals surface area contributed by atoms with E-state index in [1.165, 1.54) is 0 Å². The maximum absolute atomic E-state index is 6.04. The SMILES string of the molecule is Clc1cc(Cl)cc(Nc2nnc(Cl)c3ccccc23)c1. The zero-order valence-electron chi connectivity index (χ0n) is 10.1. The van der Waals surface area contributed by atoms with Gasteiger partial charge in [0, 0.05) is 26.5 Å². The van der Waals surface area contributed by atoms with Crippen LogP contribution in [0.25, 0.3) is 10.8 Å². The molecule has 0 saturated carbocycles. The van der Waals surface area contributed by atoms with Crippen molar-refractivity contribution in [1.29, 1.82) is 0 Å². The Balaban J connectivity index is 2.09. The first-order chi connectivity index (χ1) is 9.63. The van der Waals surface area contributed by atoms with Crippen molar-refractivity contribution in [2.24, 2.45) is 0 Å². The first kappa shape index (κ1) is 13.4. The van der Waals surface area contributed by atoms with Gasteiger partial charge in [-0.15, -0.1) is 10.2 Å². The third kappa shape index (κ3) is 2.66. The molecule has 0 spiro atoms. The molecule has 1 heterocycles. The summed E-state index contributed by atoms with van der Waals surface area (Å²) in [7, 11) is 0. The Morgan fingerprint density at radius 3 is 2.15 bits per heavy atom. The molecule has 0 fully saturated rings. The van der Waals surface area contributed by atoms with Gasteiger partial charge < -0.3 is 5.32 Å². The monoisotopic (exact) mass is 323 g/mol. The smallest absolute Gasteiger partial charge is 0.161 e. The molecule has 1 N–H and O–H groups in total. The highest BCUT2D eigenvalue weighted by Crippen LogP contribution is 2.29. The summed E-state index contributed by atoms with van der Waals surface area (Å²) in [5, 5.41) is 14.3. The fraction of sp³-hybridized carbons (Fsp3) is 0. The summed E-state index contributed by atoms with van der Waals surface area (Å²) in [4.78, 5) is 0. The van der Waals surface area contributed by atoms with Crippen LogP contribution < -0.4 is 5.32 Å². The highest BCUT2D eigenvalue weighted by Gasteiger charge is 2.08. The van der Waals surface area contributed by atoms with Gasteiger partial charge in [0.1, 0.15) is 0 Å². The molecule has 0 atom stereocenters. The molecule has 0 radical (unpaired) electrons. The van der Waals surface area contributed by atoms with Crippen molar-refractivity contribution in [3.63, 3.8) is 0 Å². The van der Waals surface area contributed by atoms with E-state index >= 15 is 0 Å². The number of fused-ring (bicyclic) bond motifs is 1. The summed E-state index contributed by atoms with van der Waals surface area (Å²) in [5.41, 5.74) is 0.740. The number of aromatic nitrogens is 2. The van der Waals surface area contributed by atoms with Crippen LogP contribution in [-0.4, -0.2) is 10.2 Å². The van der Waals surface area contributed by atoms with Crippen molar-refractivity contribution >= 4 is 57.1 Å². The van der Waals surface area contributed by atoms with E-state index in [0.717, 1.165) is 16.5 Å². The highest BCUT2D eigenvalue weighted by atomic mass is 35.5. The fourth-order valence-corrected chi connectivity index (χ4v) is 2.65. The van der Waals surface area contributed by atoms with Gasteiger partial charge in [-0.3, -0.25) is 0 Å². The lowest BCUT2D eigenvalue weighted by molar-refractivity contribution is 1.05. The van der Waals surface area contributed by atoms with Crippen LogP contribution in [-0.2, 0) is 0 Å². The first-order valence-corrected chi connectivity index (χ1v) is 6.91. The molecule has 0 aliphatic rings. The molecule has 6 heteroatoms. The Morgan fingerprint density at radius 1 is 0.800 bits per heavy atom. The molecule has 0 aliphatic carbocycles. The quantitative estimate of drug-likeness (QED) is 0.692. The second kappa shape index (κ2) is 5.44. The minimum absolute atomic E-state index is 0.371. The number of anilines is 2. The van der Waals surface area contributed by atoms with Crippen molar-refractivity contribution < 1.29 is 0 Å². The van der Waals surface area contributed by atoms with E-state index in [9.17, 15) is 0 Å². The van der Waals surface area contributed by atoms with E-state index in [4.69, 9.17) is 34.8 Å². The van der Waals surface area contributed by atoms with Gasteiger partial charge in [0.2, 0.25) is 0 Å². The summed E-state index contributed by atoms with van der Waals surface area (Å²) in [6.07, 6.45) is 0. The van der Waals surface area contributed by atoms with E-state index in [1.54, 1.807) is 18.2 Å². The zero-order valence-corrected chi connectivity index (χ0v) is 12.3. The Bertz CT molecular complexity index is 769. The van der Waals surface area contributed by atoms with E-state index in [0.29, 0.717) is 21.0 Å². The zero-order chi connectivity index (χ0) is 14.1. The van der Waals surface area contributed by atoms with Gasteiger partial charge in [0.25, 0.3) is 0 Å². The summed E-state index contributed by atoms with van der Waals surface area (Å²) in [6.45, 7) is 0. The predicted molar refractivity (Wildman–Crippen MR) is 84.3 cm³/mol. The van der Waals surface area contributed by atoms with Crippen LogP contribution >= 0.6 is 34.8 Å². The molecule has 2 aromatic carbocycles. The Kier molecular flexibility index (Phi) is 3.66. The van der Waals surface area contributed by atoms with Crippen molar-refractivity contribution in [1.82, 2.24) is 10.2 Å². The molecule has 0 aliphatic heterocycles. The standard InChI is InChI=1S/C14H8Cl3N3/c15-8-5-9(16)7-10(6-8)18-14-12-4-2-1-3-11(12)13(17)19-20-14/h1-7H,(H,18,20). The molecule has 1 aromatic heterocycles. The number of nitrogens with one attached hydrogen (secondary N) is 1. The van der Waals surface area contributed by atoms with Gasteiger partial charge in [0.05, 0.1) is 0 Å². The summed E-state index contributed by atoms with van der Waals surface area (Å²) < 4.78 is 0. The number of benzene rings is 2. The predicted octanol–water partition coefficient (Wildman–Crippen LogP) is 5.33. The highest BCUT2D eigenvalue weighted by molar-refractivity contribution is 6.35. The minimum Gasteiger partial charge on any atom is -0.338 e. The number of hydrogen-bond acceptors (Lipinski definition) is 3. The Labute approximate surface area is 130 Å². The van der Waals surface area contributed by atoms with Crippen LogP contribution in [0.15, 0.2) is 42.5 Å². The molecule has 20 heavy (non-hydrogen) atoms. The lowest BCUT2D eigenvalue weighted by atomic mass is 10.2. The third-order valence-corrected chi connectivity index (χ3v) is 3.48. The second-order valence-electron chi connectivity index (χ2n) is 4.17. The molecule has 3 nitrogen and oxygen atoms in total. The van der Waals surface area contributed by atoms with E-state index in [-0.39, 0.29) is 0 Å². The molecule has 3 rings (SSSR count). The maximum atomic E-state index is 6.04. The Hall–Kier alpha value is -1.55. The van der Waals surface area contributed by atoms with Crippen LogP contribution in [0.5, 0.6) is 0 Å². The minimum atomic E-state index is 0.371. The molecule has 3 aromatic rings. The van der Waals surface area contributed by atoms with Gasteiger partial charge in [0.15, 0.2) is 11.0 Å². The maximum Gasteiger partial charge on any atom is 0.161 e. The van der Waals surface area contributed by atoms with Gasteiger partial charge in [-0.05, 0) is 18.2 Å². The van der Waals surface area contributed by atoms with E-state index < -0.39 is 0 Å². The molecule has 0 amide bonds. The average Bonchev–Trinajstić information content (AvgIpc) is 2.41. The average molecular weight is 325 g/mol. The first-order valence-electron chi connectivity index (χ1n) is 5.77. The summed E-state index contributed by atoms with van der Waals surface area (Å²) in [6, 6.07) is 12.8. The van der Waals surface area contributed by atoms with E-state index in [2.05, 4.69) is 15.5 Å². The molecule has 0 saturated heterocycles. The van der Waals surface area contributed by atoms with Crippen LogP contribution in [0, 0.1) is 0 Å². The fourth-order valence-electron chi connectivity index (χ4n) is 1.93. The molecular formula is C14H8Cl3N3. The number of nitrogens with zero attached hydrogens (tertiary/aromatic N) is 2. The van der Waals surface area contributed by atoms with Crippen LogP contribution in [0.2, 0.25) is 15.2 Å². The van der Waals surface area contributed by atoms with Crippen molar-refractivity contribution in [3.8, 4) is 0 Å². The summed E-state index contributed by atoms with van der Waals surface area (Å²) >= 11 is 18.0. The largest absolute Gasteiger partial charge is 0.338 e. The van der Waals surface area contributed by atoms with Crippen molar-refractivity contribution in [2.45, 2.75) is 0 Å². The van der Waals surface area contributed by atoms with Gasteiger partial charge in [-0.2, -0.15) is 0 Å². The number of rotatable bonds is 2.